The number of methoxy groups -OCH3 is 2. The number of nitrogens with one attached hydrogen (secondary N) is 1. The first-order chi connectivity index (χ1) is 14.4. The molecule has 1 saturated heterocycles. The number of ether oxygens (including phenoxy) is 3. The smallest absolute Gasteiger partial charge is 0.341 e. The quantitative estimate of drug-likeness (QED) is 0.622. The van der Waals surface area contributed by atoms with Gasteiger partial charge in [0.25, 0.3) is 5.91 Å². The van der Waals surface area contributed by atoms with Crippen LogP contribution >= 0.6 is 23.4 Å². The molecule has 2 N–H and O–H groups in total. The molecule has 1 aliphatic heterocycles. The van der Waals surface area contributed by atoms with Crippen LogP contribution in [0.5, 0.6) is 17.2 Å². The fraction of sp³-hybridized carbons (Fsp3) is 0.150. The number of nitrogens with zero attached hydrogens (tertiary/aromatic N) is 1. The monoisotopic (exact) mass is 448 g/mol. The van der Waals surface area contributed by atoms with E-state index in [1.807, 2.05) is 0 Å². The van der Waals surface area contributed by atoms with E-state index in [0.717, 1.165) is 0 Å². The van der Waals surface area contributed by atoms with Gasteiger partial charge in [0.15, 0.2) is 23.3 Å². The van der Waals surface area contributed by atoms with Gasteiger partial charge in [0, 0.05) is 0 Å². The predicted octanol–water partition coefficient (Wildman–Crippen LogP) is 3.71. The van der Waals surface area contributed by atoms with Crippen LogP contribution in [-0.2, 0) is 9.59 Å². The molecule has 1 heterocycles. The van der Waals surface area contributed by atoms with Crippen molar-refractivity contribution in [1.29, 1.82) is 0 Å². The van der Waals surface area contributed by atoms with Gasteiger partial charge in [-0.1, -0.05) is 11.6 Å². The highest BCUT2D eigenvalue weighted by molar-refractivity contribution is 8.18. The van der Waals surface area contributed by atoms with Crippen LogP contribution in [0.25, 0.3) is 6.08 Å². The van der Waals surface area contributed by atoms with Crippen molar-refractivity contribution < 1.29 is 28.9 Å². The van der Waals surface area contributed by atoms with Crippen molar-refractivity contribution in [3.63, 3.8) is 0 Å². The third-order valence-corrected chi connectivity index (χ3v) is 5.03. The molecule has 30 heavy (non-hydrogen) atoms. The van der Waals surface area contributed by atoms with Crippen LogP contribution < -0.4 is 19.5 Å². The van der Waals surface area contributed by atoms with Crippen molar-refractivity contribution >= 4 is 52.2 Å². The largest absolute Gasteiger partial charge is 0.497 e. The number of hydrogen-bond donors (Lipinski definition) is 2. The zero-order valence-electron chi connectivity index (χ0n) is 16.0. The Morgan fingerprint density at radius 1 is 1.23 bits per heavy atom. The van der Waals surface area contributed by atoms with Crippen molar-refractivity contribution in [3.05, 3.63) is 51.9 Å². The molecule has 0 radical (unpaired) electrons. The number of carbonyl (C=O) groups excluding carboxylic acids is 1. The van der Waals surface area contributed by atoms with E-state index < -0.39 is 12.6 Å². The lowest BCUT2D eigenvalue weighted by atomic mass is 10.2. The van der Waals surface area contributed by atoms with E-state index in [2.05, 4.69) is 10.3 Å². The number of aliphatic imine (C=N–C) groups is 1. The number of carboxylic acid groups (broad SMARTS) is 1. The highest BCUT2D eigenvalue weighted by Gasteiger charge is 2.24. The lowest BCUT2D eigenvalue weighted by Gasteiger charge is -2.12. The van der Waals surface area contributed by atoms with Crippen molar-refractivity contribution in [1.82, 2.24) is 5.32 Å². The molecule has 2 aromatic rings. The number of amidine groups is 1. The molecule has 10 heteroatoms. The van der Waals surface area contributed by atoms with Gasteiger partial charge in [0.2, 0.25) is 0 Å². The summed E-state index contributed by atoms with van der Waals surface area (Å²) >= 11 is 7.39. The Hall–Kier alpha value is -3.17. The van der Waals surface area contributed by atoms with Gasteiger partial charge < -0.3 is 24.6 Å². The number of amides is 1. The highest BCUT2D eigenvalue weighted by Crippen LogP contribution is 2.38. The first-order valence-corrected chi connectivity index (χ1v) is 9.75. The number of halogens is 1. The Morgan fingerprint density at radius 2 is 1.97 bits per heavy atom. The van der Waals surface area contributed by atoms with Crippen molar-refractivity contribution in [2.45, 2.75) is 0 Å². The van der Waals surface area contributed by atoms with Crippen LogP contribution in [0.15, 0.2) is 46.3 Å². The normalized spacial score (nSPS) is 15.9. The molecule has 1 fully saturated rings. The number of thioether (sulfide) groups is 1. The molecule has 0 saturated carbocycles. The first-order valence-electron chi connectivity index (χ1n) is 8.55. The van der Waals surface area contributed by atoms with Crippen molar-refractivity contribution in [3.8, 4) is 17.2 Å². The summed E-state index contributed by atoms with van der Waals surface area (Å²) in [6.07, 6.45) is 1.63. The molecular weight excluding hydrogens is 432 g/mol. The van der Waals surface area contributed by atoms with Crippen LogP contribution in [0.3, 0.4) is 0 Å². The second-order valence-corrected chi connectivity index (χ2v) is 7.33. The van der Waals surface area contributed by atoms with Gasteiger partial charge in [-0.05, 0) is 59.8 Å². The summed E-state index contributed by atoms with van der Waals surface area (Å²) in [4.78, 5) is 27.9. The SMILES string of the molecule is COc1ccc(N=C2NC(=O)/C(=C\c3cc(Cl)c(OCC(=O)O)c(OC)c3)S2)cc1. The van der Waals surface area contributed by atoms with Crippen LogP contribution in [-0.4, -0.2) is 43.0 Å². The molecular formula is C20H17ClN2O6S. The summed E-state index contributed by atoms with van der Waals surface area (Å²) in [6, 6.07) is 10.3. The van der Waals surface area contributed by atoms with Crippen LogP contribution in [0, 0.1) is 0 Å². The number of carboxylic acids is 1. The number of carbonyl (C=O) groups is 2. The molecule has 3 rings (SSSR count). The van der Waals surface area contributed by atoms with Crippen molar-refractivity contribution in [2.24, 2.45) is 4.99 Å². The molecule has 0 aliphatic carbocycles. The fourth-order valence-corrected chi connectivity index (χ4v) is 3.62. The average Bonchev–Trinajstić information content (AvgIpc) is 3.05. The summed E-state index contributed by atoms with van der Waals surface area (Å²) in [5.74, 6) is -0.347. The van der Waals surface area contributed by atoms with Gasteiger partial charge in [-0.25, -0.2) is 9.79 Å². The van der Waals surface area contributed by atoms with E-state index >= 15 is 0 Å². The van der Waals surface area contributed by atoms with E-state index in [0.29, 0.717) is 27.1 Å². The van der Waals surface area contributed by atoms with Gasteiger partial charge in [0.05, 0.1) is 29.8 Å². The fourth-order valence-electron chi connectivity index (χ4n) is 2.50. The van der Waals surface area contributed by atoms with E-state index in [9.17, 15) is 9.59 Å². The Labute approximate surface area is 181 Å². The molecule has 2 aromatic carbocycles. The number of hydrogen-bond acceptors (Lipinski definition) is 7. The Bertz CT molecular complexity index is 1040. The van der Waals surface area contributed by atoms with Crippen molar-refractivity contribution in [2.75, 3.05) is 20.8 Å². The Kier molecular flexibility index (Phi) is 6.86. The molecule has 1 aliphatic rings. The lowest BCUT2D eigenvalue weighted by molar-refractivity contribution is -0.139. The van der Waals surface area contributed by atoms with Gasteiger partial charge in [-0.2, -0.15) is 0 Å². The highest BCUT2D eigenvalue weighted by atomic mass is 35.5. The van der Waals surface area contributed by atoms with Crippen LogP contribution in [0.1, 0.15) is 5.56 Å². The van der Waals surface area contributed by atoms with E-state index in [-0.39, 0.29) is 22.4 Å². The summed E-state index contributed by atoms with van der Waals surface area (Å²) in [5.41, 5.74) is 1.26. The zero-order chi connectivity index (χ0) is 21.7. The second kappa shape index (κ2) is 9.55. The zero-order valence-corrected chi connectivity index (χ0v) is 17.5. The molecule has 0 atom stereocenters. The van der Waals surface area contributed by atoms with Crippen LogP contribution in [0.4, 0.5) is 5.69 Å². The standard InChI is InChI=1S/C20H17ClN2O6S/c1-27-13-5-3-12(4-6-13)22-20-23-19(26)16(30-20)9-11-7-14(21)18(15(8-11)28-2)29-10-17(24)25/h3-9H,10H2,1-2H3,(H,24,25)(H,22,23,26)/b16-9+. The molecule has 1 amide bonds. The first kappa shape index (κ1) is 21.5. The molecule has 8 nitrogen and oxygen atoms in total. The average molecular weight is 449 g/mol. The van der Waals surface area contributed by atoms with E-state index in [1.54, 1.807) is 49.6 Å². The Morgan fingerprint density at radius 3 is 2.60 bits per heavy atom. The number of rotatable bonds is 7. The maximum Gasteiger partial charge on any atom is 0.341 e. The topological polar surface area (TPSA) is 106 Å². The minimum atomic E-state index is -1.14. The lowest BCUT2D eigenvalue weighted by Crippen LogP contribution is -2.19. The van der Waals surface area contributed by atoms with Gasteiger partial charge in [-0.3, -0.25) is 4.79 Å². The summed E-state index contributed by atoms with van der Waals surface area (Å²) in [5, 5.41) is 12.1. The molecule has 0 unspecified atom stereocenters. The maximum atomic E-state index is 12.3. The number of aliphatic carboxylic acids is 1. The van der Waals surface area contributed by atoms with Gasteiger partial charge in [0.1, 0.15) is 5.75 Å². The van der Waals surface area contributed by atoms with Gasteiger partial charge in [-0.15, -0.1) is 0 Å². The predicted molar refractivity (Wildman–Crippen MR) is 115 cm³/mol. The second-order valence-electron chi connectivity index (χ2n) is 5.90. The third kappa shape index (κ3) is 5.25. The maximum absolute atomic E-state index is 12.3. The minimum Gasteiger partial charge on any atom is -0.497 e. The van der Waals surface area contributed by atoms with Gasteiger partial charge >= 0.3 is 5.97 Å². The third-order valence-electron chi connectivity index (χ3n) is 3.84. The number of benzene rings is 2. The van der Waals surface area contributed by atoms with Crippen LogP contribution in [0.2, 0.25) is 5.02 Å². The molecule has 0 spiro atoms. The summed E-state index contributed by atoms with van der Waals surface area (Å²) < 4.78 is 15.5. The van der Waals surface area contributed by atoms with E-state index in [1.165, 1.54) is 18.9 Å². The molecule has 0 aromatic heterocycles. The Balaban J connectivity index is 1.82. The minimum absolute atomic E-state index is 0.119. The summed E-state index contributed by atoms with van der Waals surface area (Å²) in [6.45, 7) is -0.556. The molecule has 156 valence electrons. The summed E-state index contributed by atoms with van der Waals surface area (Å²) in [7, 11) is 2.99. The van der Waals surface area contributed by atoms with E-state index in [4.69, 9.17) is 30.9 Å². The molecule has 0 bridgehead atoms.